The van der Waals surface area contributed by atoms with E-state index in [0.29, 0.717) is 0 Å². The predicted octanol–water partition coefficient (Wildman–Crippen LogP) is 0.591. The van der Waals surface area contributed by atoms with Gasteiger partial charge >= 0.3 is 13.7 Å². The van der Waals surface area contributed by atoms with Gasteiger partial charge in [0.05, 0.1) is 19.3 Å². The van der Waals surface area contributed by atoms with Crippen LogP contribution in [0.5, 0.6) is 0 Å². The summed E-state index contributed by atoms with van der Waals surface area (Å²) in [6, 6.07) is -1.40. The lowest BCUT2D eigenvalue weighted by molar-refractivity contribution is -0.141. The smallest absolute Gasteiger partial charge is 0.406 e. The second-order valence-corrected chi connectivity index (χ2v) is 4.79. The second-order valence-electron chi connectivity index (χ2n) is 3.02. The fourth-order valence-corrected chi connectivity index (χ4v) is 2.56. The summed E-state index contributed by atoms with van der Waals surface area (Å²) >= 11 is 0. The SMILES string of the molecule is CCOP(=O)(N[C@H](C(=O)O)[C@@H](C)O)OCC. The van der Waals surface area contributed by atoms with E-state index in [2.05, 4.69) is 5.09 Å². The van der Waals surface area contributed by atoms with Crippen LogP contribution < -0.4 is 5.09 Å². The van der Waals surface area contributed by atoms with Crippen molar-refractivity contribution in [2.24, 2.45) is 0 Å². The Kier molecular flexibility index (Phi) is 6.78. The molecule has 0 saturated heterocycles. The average molecular weight is 255 g/mol. The molecule has 0 amide bonds. The molecule has 0 aliphatic carbocycles. The van der Waals surface area contributed by atoms with Crippen molar-refractivity contribution in [3.05, 3.63) is 0 Å². The predicted molar refractivity (Wildman–Crippen MR) is 57.1 cm³/mol. The molecule has 2 atom stereocenters. The molecular weight excluding hydrogens is 237 g/mol. The van der Waals surface area contributed by atoms with Crippen LogP contribution in [-0.4, -0.2) is 41.5 Å². The summed E-state index contributed by atoms with van der Waals surface area (Å²) in [5, 5.41) is 20.2. The minimum atomic E-state index is -3.67. The van der Waals surface area contributed by atoms with Crippen molar-refractivity contribution in [1.82, 2.24) is 5.09 Å². The Morgan fingerprint density at radius 2 is 1.81 bits per heavy atom. The van der Waals surface area contributed by atoms with Gasteiger partial charge in [-0.2, -0.15) is 0 Å². The molecule has 0 unspecified atom stereocenters. The van der Waals surface area contributed by atoms with E-state index < -0.39 is 25.9 Å². The van der Waals surface area contributed by atoms with E-state index in [9.17, 15) is 14.5 Å². The number of aliphatic hydroxyl groups excluding tert-OH is 1. The Hall–Kier alpha value is -0.460. The van der Waals surface area contributed by atoms with E-state index in [0.717, 1.165) is 0 Å². The molecule has 0 aromatic carbocycles. The highest BCUT2D eigenvalue weighted by molar-refractivity contribution is 7.51. The topological polar surface area (TPSA) is 105 Å². The van der Waals surface area contributed by atoms with Crippen molar-refractivity contribution in [2.75, 3.05) is 13.2 Å². The molecule has 0 aliphatic heterocycles. The van der Waals surface area contributed by atoms with Crippen LogP contribution in [0.15, 0.2) is 0 Å². The Labute approximate surface area is 94.3 Å². The minimum absolute atomic E-state index is 0.108. The zero-order valence-corrected chi connectivity index (χ0v) is 10.4. The summed E-state index contributed by atoms with van der Waals surface area (Å²) in [5.74, 6) is -1.32. The van der Waals surface area contributed by atoms with Crippen LogP contribution in [0, 0.1) is 0 Å². The van der Waals surface area contributed by atoms with Crippen LogP contribution in [0.3, 0.4) is 0 Å². The first-order chi connectivity index (χ1) is 7.36. The molecule has 0 aromatic heterocycles. The summed E-state index contributed by atoms with van der Waals surface area (Å²) in [6.07, 6.45) is -1.22. The average Bonchev–Trinajstić information content (AvgIpc) is 2.14. The number of carbonyl (C=O) groups is 1. The third-order valence-corrected chi connectivity index (χ3v) is 3.43. The molecule has 16 heavy (non-hydrogen) atoms. The molecule has 3 N–H and O–H groups in total. The standard InChI is InChI=1S/C8H18NO6P/c1-4-14-16(13,15-5-2)9-7(6(3)10)8(11)12/h6-7,10H,4-5H2,1-3H3,(H,9,13)(H,11,12)/t6-,7+/m1/s1. The molecule has 0 heterocycles. The molecule has 0 bridgehead atoms. The first-order valence-corrected chi connectivity index (χ1v) is 6.48. The number of aliphatic carboxylic acids is 1. The van der Waals surface area contributed by atoms with Gasteiger partial charge in [0.2, 0.25) is 0 Å². The van der Waals surface area contributed by atoms with E-state index in [4.69, 9.17) is 14.2 Å². The summed E-state index contributed by atoms with van der Waals surface area (Å²) in [5.41, 5.74) is 0. The lowest BCUT2D eigenvalue weighted by Gasteiger charge is -2.23. The lowest BCUT2D eigenvalue weighted by Crippen LogP contribution is -2.43. The van der Waals surface area contributed by atoms with Gasteiger partial charge in [-0.15, -0.1) is 0 Å². The molecule has 0 rings (SSSR count). The normalized spacial score (nSPS) is 15.8. The zero-order valence-electron chi connectivity index (χ0n) is 9.54. The van der Waals surface area contributed by atoms with Gasteiger partial charge in [0.1, 0.15) is 6.04 Å². The summed E-state index contributed by atoms with van der Waals surface area (Å²) in [4.78, 5) is 10.8. The van der Waals surface area contributed by atoms with Gasteiger partial charge < -0.3 is 10.2 Å². The number of hydrogen-bond acceptors (Lipinski definition) is 5. The van der Waals surface area contributed by atoms with Crippen molar-refractivity contribution in [2.45, 2.75) is 32.9 Å². The zero-order chi connectivity index (χ0) is 12.8. The third-order valence-electron chi connectivity index (χ3n) is 1.64. The lowest BCUT2D eigenvalue weighted by atomic mass is 10.2. The van der Waals surface area contributed by atoms with Crippen LogP contribution in [0.4, 0.5) is 0 Å². The maximum atomic E-state index is 11.9. The van der Waals surface area contributed by atoms with Crippen molar-refractivity contribution in [1.29, 1.82) is 0 Å². The van der Waals surface area contributed by atoms with Gasteiger partial charge in [-0.3, -0.25) is 13.8 Å². The number of carboxylic acid groups (broad SMARTS) is 1. The molecule has 0 saturated carbocycles. The van der Waals surface area contributed by atoms with Gasteiger partial charge in [-0.25, -0.2) is 9.65 Å². The Morgan fingerprint density at radius 1 is 1.38 bits per heavy atom. The molecule has 0 fully saturated rings. The Balaban J connectivity index is 4.70. The molecule has 8 heteroatoms. The fourth-order valence-electron chi connectivity index (χ4n) is 0.991. The molecule has 0 spiro atoms. The first kappa shape index (κ1) is 15.5. The van der Waals surface area contributed by atoms with Crippen LogP contribution in [0.2, 0.25) is 0 Å². The van der Waals surface area contributed by atoms with Gasteiger partial charge in [0.15, 0.2) is 0 Å². The summed E-state index contributed by atoms with van der Waals surface area (Å²) in [6.45, 7) is 4.69. The molecule has 96 valence electrons. The van der Waals surface area contributed by atoms with E-state index in [1.165, 1.54) is 6.92 Å². The van der Waals surface area contributed by atoms with Crippen molar-refractivity contribution < 1.29 is 28.6 Å². The molecule has 0 aromatic rings. The quantitative estimate of drug-likeness (QED) is 0.545. The third kappa shape index (κ3) is 5.05. The fraction of sp³-hybridized carbons (Fsp3) is 0.875. The van der Waals surface area contributed by atoms with Gasteiger partial charge in [-0.1, -0.05) is 0 Å². The highest BCUT2D eigenvalue weighted by Gasteiger charge is 2.34. The van der Waals surface area contributed by atoms with Crippen LogP contribution in [0.1, 0.15) is 20.8 Å². The largest absolute Gasteiger partial charge is 0.480 e. The second kappa shape index (κ2) is 6.98. The van der Waals surface area contributed by atoms with E-state index in [1.807, 2.05) is 0 Å². The van der Waals surface area contributed by atoms with Gasteiger partial charge in [0, 0.05) is 0 Å². The number of aliphatic hydroxyl groups is 1. The summed E-state index contributed by atoms with van der Waals surface area (Å²) < 4.78 is 21.6. The highest BCUT2D eigenvalue weighted by Crippen LogP contribution is 2.44. The number of hydrogen-bond donors (Lipinski definition) is 3. The summed E-state index contributed by atoms with van der Waals surface area (Å²) in [7, 11) is -3.67. The van der Waals surface area contributed by atoms with Crippen LogP contribution in [-0.2, 0) is 18.4 Å². The maximum Gasteiger partial charge on any atom is 0.406 e. The van der Waals surface area contributed by atoms with E-state index in [1.54, 1.807) is 13.8 Å². The van der Waals surface area contributed by atoms with Gasteiger partial charge in [0.25, 0.3) is 0 Å². The van der Waals surface area contributed by atoms with Crippen molar-refractivity contribution in [3.63, 3.8) is 0 Å². The first-order valence-electron chi connectivity index (χ1n) is 4.94. The molecular formula is C8H18NO6P. The van der Waals surface area contributed by atoms with Crippen LogP contribution in [0.25, 0.3) is 0 Å². The monoisotopic (exact) mass is 255 g/mol. The Morgan fingerprint density at radius 3 is 2.06 bits per heavy atom. The maximum absolute atomic E-state index is 11.9. The van der Waals surface area contributed by atoms with Crippen LogP contribution >= 0.6 is 7.75 Å². The molecule has 0 aliphatic rings. The number of rotatable bonds is 8. The molecule has 0 radical (unpaired) electrons. The Bertz CT molecular complexity index is 259. The van der Waals surface area contributed by atoms with Crippen molar-refractivity contribution in [3.8, 4) is 0 Å². The minimum Gasteiger partial charge on any atom is -0.480 e. The highest BCUT2D eigenvalue weighted by atomic mass is 31.2. The number of nitrogens with one attached hydrogen (secondary N) is 1. The number of carboxylic acids is 1. The van der Waals surface area contributed by atoms with Crippen molar-refractivity contribution >= 4 is 13.7 Å². The van der Waals surface area contributed by atoms with E-state index in [-0.39, 0.29) is 13.2 Å². The van der Waals surface area contributed by atoms with E-state index >= 15 is 0 Å². The van der Waals surface area contributed by atoms with Gasteiger partial charge in [-0.05, 0) is 20.8 Å². The molecule has 7 nitrogen and oxygen atoms in total.